The molecule has 0 bridgehead atoms. The number of nitrogens with one attached hydrogen (secondary N) is 2. The van der Waals surface area contributed by atoms with Crippen molar-refractivity contribution in [1.29, 1.82) is 0 Å². The van der Waals surface area contributed by atoms with Gasteiger partial charge in [0, 0.05) is 48.0 Å². The van der Waals surface area contributed by atoms with Gasteiger partial charge < -0.3 is 14.9 Å². The van der Waals surface area contributed by atoms with Crippen molar-refractivity contribution in [3.8, 4) is 0 Å². The Hall–Kier alpha value is -2.63. The number of carbonyl (C=O) groups is 1. The summed E-state index contributed by atoms with van der Waals surface area (Å²) in [5.74, 6) is 0.753. The molecule has 3 aromatic rings. The molecular weight excluding hydrogens is 307 g/mol. The molecule has 24 heavy (non-hydrogen) atoms. The molecule has 0 fully saturated rings. The predicted octanol–water partition coefficient (Wildman–Crippen LogP) is 2.49. The molecule has 2 aromatic heterocycles. The van der Waals surface area contributed by atoms with E-state index in [4.69, 9.17) is 0 Å². The molecule has 1 aliphatic heterocycles. The number of imidazole rings is 1. The number of rotatable bonds is 3. The molecule has 1 atom stereocenters. The number of H-pyrrole nitrogens is 1. The highest BCUT2D eigenvalue weighted by atomic mass is 19.1. The number of aryl methyl sites for hydroxylation is 2. The summed E-state index contributed by atoms with van der Waals surface area (Å²) in [4.78, 5) is 20.0. The molecule has 124 valence electrons. The second-order valence-corrected chi connectivity index (χ2v) is 6.39. The number of benzene rings is 1. The average Bonchev–Trinajstić information content (AvgIpc) is 3.12. The van der Waals surface area contributed by atoms with Crippen LogP contribution in [0.2, 0.25) is 0 Å². The molecule has 1 aromatic carbocycles. The van der Waals surface area contributed by atoms with E-state index in [9.17, 15) is 9.18 Å². The summed E-state index contributed by atoms with van der Waals surface area (Å²) in [5.41, 5.74) is 2.63. The van der Waals surface area contributed by atoms with Crippen LogP contribution in [0.1, 0.15) is 23.5 Å². The minimum Gasteiger partial charge on any atom is -0.358 e. The maximum Gasteiger partial charge on any atom is 0.224 e. The molecule has 0 saturated heterocycles. The molecule has 4 rings (SSSR count). The average molecular weight is 326 g/mol. The first-order chi connectivity index (χ1) is 11.6. The van der Waals surface area contributed by atoms with Crippen LogP contribution in [0.15, 0.2) is 30.6 Å². The SMILES string of the molecule is Cc1[nH]c2ccc(F)cc2c1CC(=O)NC1CCc2nccn2C1. The van der Waals surface area contributed by atoms with Gasteiger partial charge in [0.05, 0.1) is 6.42 Å². The Bertz CT molecular complexity index is 911. The van der Waals surface area contributed by atoms with Gasteiger partial charge in [-0.1, -0.05) is 0 Å². The van der Waals surface area contributed by atoms with Crippen molar-refractivity contribution in [1.82, 2.24) is 19.9 Å². The van der Waals surface area contributed by atoms with E-state index in [1.165, 1.54) is 12.1 Å². The van der Waals surface area contributed by atoms with E-state index < -0.39 is 0 Å². The topological polar surface area (TPSA) is 62.7 Å². The minimum absolute atomic E-state index is 0.0307. The first kappa shape index (κ1) is 14.9. The molecule has 3 heterocycles. The Balaban J connectivity index is 1.49. The van der Waals surface area contributed by atoms with Crippen LogP contribution in [0.3, 0.4) is 0 Å². The predicted molar refractivity (Wildman–Crippen MR) is 89.2 cm³/mol. The van der Waals surface area contributed by atoms with E-state index in [0.29, 0.717) is 0 Å². The smallest absolute Gasteiger partial charge is 0.224 e. The lowest BCUT2D eigenvalue weighted by atomic mass is 10.0. The van der Waals surface area contributed by atoms with Gasteiger partial charge in [0.15, 0.2) is 0 Å². The van der Waals surface area contributed by atoms with Crippen LogP contribution in [-0.2, 0) is 24.2 Å². The summed E-state index contributed by atoms with van der Waals surface area (Å²) in [6.07, 6.45) is 5.76. The Kier molecular flexibility index (Phi) is 3.59. The van der Waals surface area contributed by atoms with Crippen molar-refractivity contribution in [2.75, 3.05) is 0 Å². The molecule has 1 amide bonds. The highest BCUT2D eigenvalue weighted by Gasteiger charge is 2.21. The van der Waals surface area contributed by atoms with Crippen LogP contribution in [0, 0.1) is 12.7 Å². The number of hydrogen-bond acceptors (Lipinski definition) is 2. The van der Waals surface area contributed by atoms with Gasteiger partial charge in [0.25, 0.3) is 0 Å². The maximum absolute atomic E-state index is 13.5. The lowest BCUT2D eigenvalue weighted by molar-refractivity contribution is -0.121. The first-order valence-corrected chi connectivity index (χ1v) is 8.16. The molecule has 0 radical (unpaired) electrons. The van der Waals surface area contributed by atoms with Gasteiger partial charge in [-0.15, -0.1) is 0 Å². The van der Waals surface area contributed by atoms with E-state index in [-0.39, 0.29) is 24.2 Å². The third-order valence-electron chi connectivity index (χ3n) is 4.72. The molecule has 1 unspecified atom stereocenters. The number of halogens is 1. The summed E-state index contributed by atoms with van der Waals surface area (Å²) in [5, 5.41) is 3.88. The normalized spacial score (nSPS) is 17.0. The molecule has 2 N–H and O–H groups in total. The van der Waals surface area contributed by atoms with Gasteiger partial charge in [-0.2, -0.15) is 0 Å². The second kappa shape index (κ2) is 5.78. The van der Waals surface area contributed by atoms with Crippen molar-refractivity contribution >= 4 is 16.8 Å². The van der Waals surface area contributed by atoms with Crippen LogP contribution < -0.4 is 5.32 Å². The monoisotopic (exact) mass is 326 g/mol. The van der Waals surface area contributed by atoms with Crippen molar-refractivity contribution in [2.45, 2.75) is 38.8 Å². The van der Waals surface area contributed by atoms with Gasteiger partial charge in [0.2, 0.25) is 5.91 Å². The number of hydrogen-bond donors (Lipinski definition) is 2. The fraction of sp³-hybridized carbons (Fsp3) is 0.333. The fourth-order valence-electron chi connectivity index (χ4n) is 3.51. The minimum atomic E-state index is -0.289. The second-order valence-electron chi connectivity index (χ2n) is 6.39. The zero-order valence-corrected chi connectivity index (χ0v) is 13.5. The molecule has 5 nitrogen and oxygen atoms in total. The summed E-state index contributed by atoms with van der Waals surface area (Å²) >= 11 is 0. The van der Waals surface area contributed by atoms with E-state index in [2.05, 4.69) is 19.9 Å². The van der Waals surface area contributed by atoms with E-state index in [0.717, 1.165) is 47.4 Å². The largest absolute Gasteiger partial charge is 0.358 e. The maximum atomic E-state index is 13.5. The first-order valence-electron chi connectivity index (χ1n) is 8.16. The zero-order chi connectivity index (χ0) is 16.7. The third kappa shape index (κ3) is 2.68. The van der Waals surface area contributed by atoms with Gasteiger partial charge in [-0.05, 0) is 37.1 Å². The summed E-state index contributed by atoms with van der Waals surface area (Å²) < 4.78 is 15.6. The summed E-state index contributed by atoms with van der Waals surface area (Å²) in [6, 6.07) is 4.73. The number of aromatic amines is 1. The van der Waals surface area contributed by atoms with Gasteiger partial charge in [-0.25, -0.2) is 9.37 Å². The Morgan fingerprint density at radius 1 is 1.50 bits per heavy atom. The van der Waals surface area contributed by atoms with E-state index in [1.807, 2.05) is 13.1 Å². The third-order valence-corrected chi connectivity index (χ3v) is 4.72. The molecule has 1 aliphatic rings. The van der Waals surface area contributed by atoms with Gasteiger partial charge in [-0.3, -0.25) is 4.79 Å². The van der Waals surface area contributed by atoms with Gasteiger partial charge in [0.1, 0.15) is 11.6 Å². The molecule has 6 heteroatoms. The summed E-state index contributed by atoms with van der Waals surface area (Å²) in [7, 11) is 0. The standard InChI is InChI=1S/C18H19FN4O/c1-11-14(15-8-12(19)2-4-16(15)21-11)9-18(24)22-13-3-5-17-20-6-7-23(17)10-13/h2,4,6-8,13,21H,3,5,9-10H2,1H3,(H,22,24). The van der Waals surface area contributed by atoms with Crippen LogP contribution in [-0.4, -0.2) is 26.5 Å². The van der Waals surface area contributed by atoms with Crippen molar-refractivity contribution < 1.29 is 9.18 Å². The molecular formula is C18H19FN4O. The van der Waals surface area contributed by atoms with Gasteiger partial charge >= 0.3 is 0 Å². The van der Waals surface area contributed by atoms with Crippen LogP contribution >= 0.6 is 0 Å². The fourth-order valence-corrected chi connectivity index (χ4v) is 3.51. The van der Waals surface area contributed by atoms with E-state index in [1.54, 1.807) is 12.3 Å². The molecule has 0 aliphatic carbocycles. The highest BCUT2D eigenvalue weighted by Crippen LogP contribution is 2.23. The Morgan fingerprint density at radius 2 is 2.38 bits per heavy atom. The lowest BCUT2D eigenvalue weighted by Gasteiger charge is -2.24. The number of fused-ring (bicyclic) bond motifs is 2. The molecule has 0 spiro atoms. The van der Waals surface area contributed by atoms with Crippen molar-refractivity contribution in [3.05, 3.63) is 53.5 Å². The zero-order valence-electron chi connectivity index (χ0n) is 13.5. The van der Waals surface area contributed by atoms with Crippen molar-refractivity contribution in [3.63, 3.8) is 0 Å². The Labute approximate surface area is 138 Å². The van der Waals surface area contributed by atoms with Crippen molar-refractivity contribution in [2.24, 2.45) is 0 Å². The molecule has 0 saturated carbocycles. The highest BCUT2D eigenvalue weighted by molar-refractivity contribution is 5.90. The van der Waals surface area contributed by atoms with Crippen LogP contribution in [0.25, 0.3) is 10.9 Å². The number of nitrogens with zero attached hydrogens (tertiary/aromatic N) is 2. The lowest BCUT2D eigenvalue weighted by Crippen LogP contribution is -2.41. The Morgan fingerprint density at radius 3 is 3.25 bits per heavy atom. The van der Waals surface area contributed by atoms with E-state index >= 15 is 0 Å². The number of carbonyl (C=O) groups excluding carboxylic acids is 1. The quantitative estimate of drug-likeness (QED) is 0.777. The number of aromatic nitrogens is 3. The van der Waals surface area contributed by atoms with Crippen LogP contribution in [0.4, 0.5) is 4.39 Å². The number of amides is 1. The summed E-state index contributed by atoms with van der Waals surface area (Å²) in [6.45, 7) is 2.67. The van der Waals surface area contributed by atoms with Crippen LogP contribution in [0.5, 0.6) is 0 Å².